The summed E-state index contributed by atoms with van der Waals surface area (Å²) < 4.78 is 13.1. The second-order valence-corrected chi connectivity index (χ2v) is 2.68. The highest BCUT2D eigenvalue weighted by Crippen LogP contribution is 2.23. The average Bonchev–Trinajstić information content (AvgIpc) is 2.12. The molecule has 1 aromatic heterocycles. The van der Waals surface area contributed by atoms with E-state index in [-0.39, 0.29) is 11.3 Å². The van der Waals surface area contributed by atoms with E-state index < -0.39 is 11.4 Å². The van der Waals surface area contributed by atoms with Crippen LogP contribution in [0.2, 0.25) is 0 Å². The fourth-order valence-electron chi connectivity index (χ4n) is 1.20. The number of rotatable bonds is 0. The highest BCUT2D eigenvalue weighted by Gasteiger charge is 2.04. The number of aromatic nitrogens is 1. The molecule has 0 unspecified atom stereocenters. The van der Waals surface area contributed by atoms with Gasteiger partial charge in [-0.2, -0.15) is 0 Å². The minimum absolute atomic E-state index is 0.0347. The van der Waals surface area contributed by atoms with E-state index >= 15 is 0 Å². The van der Waals surface area contributed by atoms with Gasteiger partial charge in [0.15, 0.2) is 0 Å². The van der Waals surface area contributed by atoms with Gasteiger partial charge in [0.1, 0.15) is 11.6 Å². The van der Waals surface area contributed by atoms with Crippen LogP contribution in [0.3, 0.4) is 0 Å². The second kappa shape index (κ2) is 2.58. The third-order valence-electron chi connectivity index (χ3n) is 1.82. The number of nitrogens with one attached hydrogen (secondary N) is 1. The van der Waals surface area contributed by atoms with Crippen LogP contribution in [0.4, 0.5) is 4.39 Å². The van der Waals surface area contributed by atoms with E-state index in [1.807, 2.05) is 0 Å². The quantitative estimate of drug-likeness (QED) is 0.641. The molecule has 0 aliphatic carbocycles. The summed E-state index contributed by atoms with van der Waals surface area (Å²) in [7, 11) is 0. The van der Waals surface area contributed by atoms with Gasteiger partial charge in [0.25, 0.3) is 0 Å². The van der Waals surface area contributed by atoms with Gasteiger partial charge < -0.3 is 10.1 Å². The summed E-state index contributed by atoms with van der Waals surface area (Å²) in [4.78, 5) is 13.2. The summed E-state index contributed by atoms with van der Waals surface area (Å²) in [5, 5.41) is 9.60. The highest BCUT2D eigenvalue weighted by molar-refractivity contribution is 5.84. The summed E-state index contributed by atoms with van der Waals surface area (Å²) in [6.07, 6.45) is 0. The molecule has 0 radical (unpaired) electrons. The first-order valence-corrected chi connectivity index (χ1v) is 3.69. The first-order chi connectivity index (χ1) is 6.18. The van der Waals surface area contributed by atoms with Crippen LogP contribution in [0.1, 0.15) is 0 Å². The Bertz CT molecular complexity index is 518. The molecule has 0 spiro atoms. The molecule has 13 heavy (non-hydrogen) atoms. The van der Waals surface area contributed by atoms with Crippen LogP contribution in [0, 0.1) is 5.82 Å². The van der Waals surface area contributed by atoms with E-state index in [9.17, 15) is 14.3 Å². The molecule has 0 aliphatic rings. The molecule has 0 fully saturated rings. The van der Waals surface area contributed by atoms with Gasteiger partial charge in [-0.05, 0) is 18.2 Å². The molecule has 4 heteroatoms. The van der Waals surface area contributed by atoms with E-state index in [0.717, 1.165) is 6.07 Å². The summed E-state index contributed by atoms with van der Waals surface area (Å²) >= 11 is 0. The Morgan fingerprint density at radius 1 is 1.23 bits per heavy atom. The minimum Gasteiger partial charge on any atom is -0.507 e. The zero-order valence-corrected chi connectivity index (χ0v) is 6.54. The monoisotopic (exact) mass is 179 g/mol. The number of halogens is 1. The van der Waals surface area contributed by atoms with Crippen molar-refractivity contribution in [3.05, 3.63) is 40.4 Å². The van der Waals surface area contributed by atoms with Crippen molar-refractivity contribution in [1.82, 2.24) is 4.98 Å². The molecule has 0 saturated heterocycles. The summed E-state index contributed by atoms with van der Waals surface area (Å²) in [6, 6.07) is 4.97. The van der Waals surface area contributed by atoms with Crippen molar-refractivity contribution in [2.45, 2.75) is 0 Å². The summed E-state index contributed by atoms with van der Waals surface area (Å²) in [6.45, 7) is 0. The van der Waals surface area contributed by atoms with Crippen molar-refractivity contribution in [3.63, 3.8) is 0 Å². The van der Waals surface area contributed by atoms with Crippen LogP contribution < -0.4 is 5.56 Å². The second-order valence-electron chi connectivity index (χ2n) is 2.68. The number of phenolic OH excluding ortho intramolecular Hbond substituents is 1. The highest BCUT2D eigenvalue weighted by atomic mass is 19.1. The first kappa shape index (κ1) is 7.79. The molecule has 1 heterocycles. The van der Waals surface area contributed by atoms with Gasteiger partial charge in [0.2, 0.25) is 5.56 Å². The number of fused-ring (bicyclic) bond motifs is 1. The number of hydrogen-bond acceptors (Lipinski definition) is 2. The first-order valence-electron chi connectivity index (χ1n) is 3.69. The smallest absolute Gasteiger partial charge is 0.248 e. The Morgan fingerprint density at radius 3 is 2.77 bits per heavy atom. The van der Waals surface area contributed by atoms with Crippen molar-refractivity contribution >= 4 is 10.9 Å². The predicted octanol–water partition coefficient (Wildman–Crippen LogP) is 1.37. The lowest BCUT2D eigenvalue weighted by molar-refractivity contribution is 0.480. The van der Waals surface area contributed by atoms with Crippen molar-refractivity contribution in [2.75, 3.05) is 0 Å². The zero-order valence-electron chi connectivity index (χ0n) is 6.54. The lowest BCUT2D eigenvalue weighted by atomic mass is 10.2. The van der Waals surface area contributed by atoms with Crippen molar-refractivity contribution < 1.29 is 9.50 Å². The maximum Gasteiger partial charge on any atom is 0.248 e. The van der Waals surface area contributed by atoms with Crippen LogP contribution in [-0.4, -0.2) is 10.1 Å². The fourth-order valence-corrected chi connectivity index (χ4v) is 1.20. The Kier molecular flexibility index (Phi) is 1.55. The van der Waals surface area contributed by atoms with Gasteiger partial charge in [0.05, 0.1) is 5.52 Å². The number of aromatic hydroxyl groups is 1. The largest absolute Gasteiger partial charge is 0.507 e. The zero-order chi connectivity index (χ0) is 9.42. The van der Waals surface area contributed by atoms with Gasteiger partial charge in [0, 0.05) is 11.5 Å². The molecular formula is C9H6FNO2. The van der Waals surface area contributed by atoms with E-state index in [0.29, 0.717) is 5.39 Å². The lowest BCUT2D eigenvalue weighted by Crippen LogP contribution is -2.03. The Labute approximate surface area is 72.5 Å². The number of phenols is 1. The molecular weight excluding hydrogens is 173 g/mol. The number of benzene rings is 1. The number of aromatic amines is 1. The molecule has 3 nitrogen and oxygen atoms in total. The summed E-state index contributed by atoms with van der Waals surface area (Å²) in [5.74, 6) is -0.599. The normalized spacial score (nSPS) is 10.5. The van der Waals surface area contributed by atoms with Gasteiger partial charge in [-0.25, -0.2) is 4.39 Å². The van der Waals surface area contributed by atoms with Crippen LogP contribution in [0.25, 0.3) is 10.9 Å². The standard InChI is InChI=1S/C9H6FNO2/c10-6-2-3-7(12)5-1-4-8(13)11-9(5)6/h1-4,12H,(H,11,13). The maximum absolute atomic E-state index is 13.1. The van der Waals surface area contributed by atoms with Crippen LogP contribution in [-0.2, 0) is 0 Å². The predicted molar refractivity (Wildman–Crippen MR) is 46.2 cm³/mol. The minimum atomic E-state index is -0.550. The Morgan fingerprint density at radius 2 is 2.00 bits per heavy atom. The third kappa shape index (κ3) is 1.16. The van der Waals surface area contributed by atoms with Gasteiger partial charge in [-0.3, -0.25) is 4.79 Å². The fraction of sp³-hybridized carbons (Fsp3) is 0. The Balaban J connectivity index is 3.00. The van der Waals surface area contributed by atoms with E-state index in [1.165, 1.54) is 18.2 Å². The van der Waals surface area contributed by atoms with Crippen LogP contribution >= 0.6 is 0 Å². The number of pyridine rings is 1. The van der Waals surface area contributed by atoms with E-state index in [2.05, 4.69) is 4.98 Å². The Hall–Kier alpha value is -1.84. The van der Waals surface area contributed by atoms with Crippen molar-refractivity contribution in [3.8, 4) is 5.75 Å². The molecule has 0 saturated carbocycles. The van der Waals surface area contributed by atoms with E-state index in [4.69, 9.17) is 0 Å². The SMILES string of the molecule is O=c1ccc2c(O)ccc(F)c2[nH]1. The molecule has 66 valence electrons. The topological polar surface area (TPSA) is 53.1 Å². The average molecular weight is 179 g/mol. The van der Waals surface area contributed by atoms with E-state index in [1.54, 1.807) is 0 Å². The molecule has 2 N–H and O–H groups in total. The van der Waals surface area contributed by atoms with Crippen LogP contribution in [0.5, 0.6) is 5.75 Å². The molecule has 1 aromatic carbocycles. The van der Waals surface area contributed by atoms with Gasteiger partial charge in [-0.1, -0.05) is 0 Å². The molecule has 0 atom stereocenters. The summed E-state index contributed by atoms with van der Waals surface area (Å²) in [5.41, 5.74) is -0.357. The molecule has 2 aromatic rings. The van der Waals surface area contributed by atoms with Crippen molar-refractivity contribution in [1.29, 1.82) is 0 Å². The number of H-pyrrole nitrogens is 1. The van der Waals surface area contributed by atoms with Crippen molar-refractivity contribution in [2.24, 2.45) is 0 Å². The lowest BCUT2D eigenvalue weighted by Gasteiger charge is -2.00. The maximum atomic E-state index is 13.1. The molecule has 0 amide bonds. The molecule has 2 rings (SSSR count). The molecule has 0 aliphatic heterocycles. The van der Waals surface area contributed by atoms with Crippen LogP contribution in [0.15, 0.2) is 29.1 Å². The molecule has 0 bridgehead atoms. The van der Waals surface area contributed by atoms with Gasteiger partial charge in [-0.15, -0.1) is 0 Å². The number of hydrogen-bond donors (Lipinski definition) is 2. The van der Waals surface area contributed by atoms with Gasteiger partial charge >= 0.3 is 0 Å². The third-order valence-corrected chi connectivity index (χ3v) is 1.82.